The Bertz CT molecular complexity index is 364. The maximum Gasteiger partial charge on any atom is 0.241 e. The zero-order valence-electron chi connectivity index (χ0n) is 8.88. The fourth-order valence-electron chi connectivity index (χ4n) is 1.22. The highest BCUT2D eigenvalue weighted by Gasteiger charge is 2.09. The molecule has 4 heteroatoms. The lowest BCUT2D eigenvalue weighted by molar-refractivity contribution is -0.117. The molecular formula is C11H15BrN2O. The van der Waals surface area contributed by atoms with E-state index < -0.39 is 6.04 Å². The summed E-state index contributed by atoms with van der Waals surface area (Å²) in [5, 5.41) is 2.80. The fraction of sp³-hybridized carbons (Fsp3) is 0.364. The molecule has 0 fully saturated rings. The summed E-state index contributed by atoms with van der Waals surface area (Å²) in [6.07, 6.45) is 0.869. The van der Waals surface area contributed by atoms with E-state index in [2.05, 4.69) is 21.2 Å². The average molecular weight is 271 g/mol. The second-order valence-electron chi connectivity index (χ2n) is 3.43. The monoisotopic (exact) mass is 270 g/mol. The van der Waals surface area contributed by atoms with Crippen LogP contribution in [0.4, 0.5) is 5.69 Å². The van der Waals surface area contributed by atoms with Gasteiger partial charge in [0.15, 0.2) is 0 Å². The Balaban J connectivity index is 2.89. The van der Waals surface area contributed by atoms with Crippen LogP contribution in [-0.4, -0.2) is 11.9 Å². The van der Waals surface area contributed by atoms with E-state index in [0.717, 1.165) is 22.1 Å². The van der Waals surface area contributed by atoms with Crippen molar-refractivity contribution >= 4 is 27.5 Å². The molecule has 0 saturated heterocycles. The van der Waals surface area contributed by atoms with Crippen LogP contribution in [0.2, 0.25) is 0 Å². The van der Waals surface area contributed by atoms with Crippen LogP contribution in [0.5, 0.6) is 0 Å². The molecule has 15 heavy (non-hydrogen) atoms. The topological polar surface area (TPSA) is 55.1 Å². The van der Waals surface area contributed by atoms with Crippen molar-refractivity contribution < 1.29 is 4.79 Å². The van der Waals surface area contributed by atoms with Crippen LogP contribution < -0.4 is 11.1 Å². The second kappa shape index (κ2) is 5.28. The molecule has 82 valence electrons. The first-order valence-corrected chi connectivity index (χ1v) is 5.68. The molecule has 1 amide bonds. The summed E-state index contributed by atoms with van der Waals surface area (Å²) in [5.41, 5.74) is 7.42. The molecule has 0 saturated carbocycles. The summed E-state index contributed by atoms with van der Waals surface area (Å²) in [6, 6.07) is 5.29. The normalized spacial score (nSPS) is 12.3. The van der Waals surface area contributed by atoms with E-state index in [1.165, 1.54) is 0 Å². The molecule has 0 spiro atoms. The molecule has 1 aromatic rings. The highest BCUT2D eigenvalue weighted by atomic mass is 79.9. The molecule has 1 atom stereocenters. The Kier molecular flexibility index (Phi) is 4.29. The summed E-state index contributed by atoms with van der Waals surface area (Å²) in [5.74, 6) is -0.160. The predicted molar refractivity (Wildman–Crippen MR) is 65.8 cm³/mol. The molecule has 3 N–H and O–H groups in total. The third-order valence-corrected chi connectivity index (χ3v) is 2.61. The molecule has 0 aromatic heterocycles. The molecule has 0 aliphatic rings. The lowest BCUT2D eigenvalue weighted by Crippen LogP contribution is -2.32. The first-order valence-electron chi connectivity index (χ1n) is 4.89. The van der Waals surface area contributed by atoms with E-state index in [0.29, 0.717) is 0 Å². The number of carbonyl (C=O) groups excluding carboxylic acids is 1. The zero-order chi connectivity index (χ0) is 11.4. The van der Waals surface area contributed by atoms with Gasteiger partial charge in [-0.25, -0.2) is 0 Å². The van der Waals surface area contributed by atoms with Gasteiger partial charge >= 0.3 is 0 Å². The number of anilines is 1. The number of nitrogens with one attached hydrogen (secondary N) is 1. The Morgan fingerprint density at radius 1 is 1.60 bits per heavy atom. The number of carbonyl (C=O) groups is 1. The van der Waals surface area contributed by atoms with Crippen molar-refractivity contribution in [3.63, 3.8) is 0 Å². The van der Waals surface area contributed by atoms with Gasteiger partial charge < -0.3 is 11.1 Å². The summed E-state index contributed by atoms with van der Waals surface area (Å²) in [4.78, 5) is 11.4. The molecule has 3 nitrogen and oxygen atoms in total. The van der Waals surface area contributed by atoms with Crippen LogP contribution in [0.15, 0.2) is 22.7 Å². The van der Waals surface area contributed by atoms with Gasteiger partial charge in [-0.15, -0.1) is 0 Å². The van der Waals surface area contributed by atoms with Crippen LogP contribution in [-0.2, 0) is 11.2 Å². The van der Waals surface area contributed by atoms with E-state index in [9.17, 15) is 4.79 Å². The minimum Gasteiger partial charge on any atom is -0.324 e. The number of halogens is 1. The standard InChI is InChI=1S/C11H15BrN2O/c1-3-8-6-9(12)4-5-10(8)14-11(15)7(2)13/h4-7H,3,13H2,1-2H3,(H,14,15). The van der Waals surface area contributed by atoms with Gasteiger partial charge in [0.1, 0.15) is 0 Å². The lowest BCUT2D eigenvalue weighted by Gasteiger charge is -2.11. The second-order valence-corrected chi connectivity index (χ2v) is 4.35. The van der Waals surface area contributed by atoms with Crippen molar-refractivity contribution in [2.75, 3.05) is 5.32 Å². The Labute approximate surface area is 98.2 Å². The highest BCUT2D eigenvalue weighted by Crippen LogP contribution is 2.21. The Morgan fingerprint density at radius 3 is 2.80 bits per heavy atom. The van der Waals surface area contributed by atoms with Crippen LogP contribution in [0.1, 0.15) is 19.4 Å². The van der Waals surface area contributed by atoms with Crippen LogP contribution in [0, 0.1) is 0 Å². The molecule has 0 heterocycles. The third-order valence-electron chi connectivity index (χ3n) is 2.12. The minimum atomic E-state index is -0.488. The van der Waals surface area contributed by atoms with E-state index in [1.807, 2.05) is 25.1 Å². The average Bonchev–Trinajstić information content (AvgIpc) is 2.20. The highest BCUT2D eigenvalue weighted by molar-refractivity contribution is 9.10. The summed E-state index contributed by atoms with van der Waals surface area (Å²) in [7, 11) is 0. The number of hydrogen-bond donors (Lipinski definition) is 2. The van der Waals surface area contributed by atoms with E-state index in [-0.39, 0.29) is 5.91 Å². The van der Waals surface area contributed by atoms with Crippen LogP contribution in [0.25, 0.3) is 0 Å². The largest absolute Gasteiger partial charge is 0.324 e. The van der Waals surface area contributed by atoms with Crippen LogP contribution in [0.3, 0.4) is 0 Å². The van der Waals surface area contributed by atoms with Gasteiger partial charge in [-0.2, -0.15) is 0 Å². The fourth-order valence-corrected chi connectivity index (χ4v) is 1.63. The van der Waals surface area contributed by atoms with Crippen molar-refractivity contribution in [2.24, 2.45) is 5.73 Å². The molecule has 0 aliphatic heterocycles. The zero-order valence-corrected chi connectivity index (χ0v) is 10.5. The number of benzene rings is 1. The first-order chi connectivity index (χ1) is 7.04. The number of rotatable bonds is 3. The third kappa shape index (κ3) is 3.32. The molecule has 1 unspecified atom stereocenters. The maximum absolute atomic E-state index is 11.4. The SMILES string of the molecule is CCc1cc(Br)ccc1NC(=O)C(C)N. The maximum atomic E-state index is 11.4. The Hall–Kier alpha value is -0.870. The van der Waals surface area contributed by atoms with Gasteiger partial charge in [0.2, 0.25) is 5.91 Å². The molecule has 0 bridgehead atoms. The molecular weight excluding hydrogens is 256 g/mol. The van der Waals surface area contributed by atoms with Gasteiger partial charge in [0.25, 0.3) is 0 Å². The van der Waals surface area contributed by atoms with Crippen molar-refractivity contribution in [1.82, 2.24) is 0 Å². The number of nitrogens with two attached hydrogens (primary N) is 1. The minimum absolute atomic E-state index is 0.160. The Morgan fingerprint density at radius 2 is 2.27 bits per heavy atom. The number of aryl methyl sites for hydroxylation is 1. The van der Waals surface area contributed by atoms with E-state index in [4.69, 9.17) is 5.73 Å². The van der Waals surface area contributed by atoms with E-state index >= 15 is 0 Å². The van der Waals surface area contributed by atoms with Gasteiger partial charge in [-0.05, 0) is 37.1 Å². The van der Waals surface area contributed by atoms with E-state index in [1.54, 1.807) is 6.92 Å². The van der Waals surface area contributed by atoms with Crippen LogP contribution >= 0.6 is 15.9 Å². The first kappa shape index (κ1) is 12.2. The summed E-state index contributed by atoms with van der Waals surface area (Å²) >= 11 is 3.39. The number of amides is 1. The van der Waals surface area contributed by atoms with Gasteiger partial charge in [0.05, 0.1) is 6.04 Å². The smallest absolute Gasteiger partial charge is 0.241 e. The van der Waals surface area contributed by atoms with Crippen molar-refractivity contribution in [2.45, 2.75) is 26.3 Å². The van der Waals surface area contributed by atoms with Crippen molar-refractivity contribution in [1.29, 1.82) is 0 Å². The number of hydrogen-bond acceptors (Lipinski definition) is 2. The lowest BCUT2D eigenvalue weighted by atomic mass is 10.1. The van der Waals surface area contributed by atoms with Crippen molar-refractivity contribution in [3.8, 4) is 0 Å². The molecule has 1 rings (SSSR count). The van der Waals surface area contributed by atoms with Gasteiger partial charge in [-0.1, -0.05) is 22.9 Å². The van der Waals surface area contributed by atoms with Gasteiger partial charge in [0, 0.05) is 10.2 Å². The quantitative estimate of drug-likeness (QED) is 0.886. The molecule has 1 aromatic carbocycles. The molecule has 0 aliphatic carbocycles. The van der Waals surface area contributed by atoms with Gasteiger partial charge in [-0.3, -0.25) is 4.79 Å². The predicted octanol–water partition coefficient (Wildman–Crippen LogP) is 2.30. The molecule has 0 radical (unpaired) electrons. The summed E-state index contributed by atoms with van der Waals surface area (Å²) in [6.45, 7) is 3.71. The van der Waals surface area contributed by atoms with Crippen molar-refractivity contribution in [3.05, 3.63) is 28.2 Å². The summed E-state index contributed by atoms with van der Waals surface area (Å²) < 4.78 is 1.01.